The lowest BCUT2D eigenvalue weighted by Gasteiger charge is -2.10. The van der Waals surface area contributed by atoms with Gasteiger partial charge in [-0.25, -0.2) is 0 Å². The minimum atomic E-state index is -0.158. The van der Waals surface area contributed by atoms with Crippen molar-refractivity contribution in [2.45, 2.75) is 33.1 Å². The number of hydrogen-bond donors (Lipinski definition) is 0. The van der Waals surface area contributed by atoms with E-state index in [1.165, 1.54) is 5.57 Å². The molecule has 1 atom stereocenters. The van der Waals surface area contributed by atoms with Crippen LogP contribution in [0.2, 0.25) is 0 Å². The third kappa shape index (κ3) is 6.93. The molecule has 0 bridgehead atoms. The highest BCUT2D eigenvalue weighted by Gasteiger charge is 2.07. The molecule has 0 radical (unpaired) electrons. The van der Waals surface area contributed by atoms with E-state index in [0.29, 0.717) is 18.9 Å². The topological polar surface area (TPSA) is 26.3 Å². The number of allylic oxidation sites excluding steroid dienone is 3. The number of rotatable bonds is 8. The lowest BCUT2D eigenvalue weighted by atomic mass is 10.1. The normalized spacial score (nSPS) is 12.8. The van der Waals surface area contributed by atoms with Crippen molar-refractivity contribution < 1.29 is 9.53 Å². The number of hydrogen-bond acceptors (Lipinski definition) is 2. The second-order valence-electron chi connectivity index (χ2n) is 5.23. The van der Waals surface area contributed by atoms with Gasteiger partial charge in [-0.3, -0.25) is 4.79 Å². The van der Waals surface area contributed by atoms with Crippen molar-refractivity contribution in [1.82, 2.24) is 0 Å². The largest absolute Gasteiger partial charge is 0.465 e. The molecule has 0 aliphatic carbocycles. The zero-order chi connectivity index (χ0) is 14.8. The summed E-state index contributed by atoms with van der Waals surface area (Å²) in [5.41, 5.74) is 2.30. The van der Waals surface area contributed by atoms with E-state index in [1.54, 1.807) is 0 Å². The molecule has 2 nitrogen and oxygen atoms in total. The molecular weight excluding hydrogens is 248 g/mol. The van der Waals surface area contributed by atoms with Gasteiger partial charge >= 0.3 is 5.97 Å². The lowest BCUT2D eigenvalue weighted by molar-refractivity contribution is -0.144. The van der Waals surface area contributed by atoms with Crippen LogP contribution < -0.4 is 0 Å². The van der Waals surface area contributed by atoms with Gasteiger partial charge in [-0.05, 0) is 31.2 Å². The van der Waals surface area contributed by atoms with E-state index in [2.05, 4.69) is 26.5 Å². The summed E-state index contributed by atoms with van der Waals surface area (Å²) < 4.78 is 5.31. The van der Waals surface area contributed by atoms with Crippen molar-refractivity contribution in [2.24, 2.45) is 5.92 Å². The van der Waals surface area contributed by atoms with Crippen LogP contribution in [-0.4, -0.2) is 12.6 Å². The van der Waals surface area contributed by atoms with Crippen LogP contribution in [0.25, 0.3) is 0 Å². The molecule has 0 amide bonds. The fourth-order valence-electron chi connectivity index (χ4n) is 1.83. The Morgan fingerprint density at radius 2 is 2.05 bits per heavy atom. The van der Waals surface area contributed by atoms with Gasteiger partial charge in [0.25, 0.3) is 0 Å². The van der Waals surface area contributed by atoms with Crippen molar-refractivity contribution in [1.29, 1.82) is 0 Å². The summed E-state index contributed by atoms with van der Waals surface area (Å²) in [6.07, 6.45) is 6.28. The lowest BCUT2D eigenvalue weighted by Crippen LogP contribution is -2.13. The summed E-state index contributed by atoms with van der Waals surface area (Å²) in [6.45, 7) is 8.38. The van der Waals surface area contributed by atoms with Crippen LogP contribution in [0.15, 0.2) is 54.6 Å². The molecule has 0 aliphatic heterocycles. The van der Waals surface area contributed by atoms with Crippen LogP contribution in [0.4, 0.5) is 0 Å². The Morgan fingerprint density at radius 3 is 2.70 bits per heavy atom. The molecule has 0 saturated carbocycles. The maximum atomic E-state index is 11.7. The van der Waals surface area contributed by atoms with Crippen molar-refractivity contribution in [2.75, 3.05) is 6.61 Å². The molecule has 1 unspecified atom stereocenters. The predicted octanol–water partition coefficient (Wildman–Crippen LogP) is 4.32. The third-order valence-electron chi connectivity index (χ3n) is 3.06. The predicted molar refractivity (Wildman–Crippen MR) is 83.5 cm³/mol. The fourth-order valence-corrected chi connectivity index (χ4v) is 1.83. The molecule has 20 heavy (non-hydrogen) atoms. The van der Waals surface area contributed by atoms with E-state index in [1.807, 2.05) is 36.4 Å². The van der Waals surface area contributed by atoms with Crippen LogP contribution in [0, 0.1) is 5.92 Å². The Morgan fingerprint density at radius 1 is 1.35 bits per heavy atom. The zero-order valence-corrected chi connectivity index (χ0v) is 12.5. The monoisotopic (exact) mass is 272 g/mol. The van der Waals surface area contributed by atoms with Gasteiger partial charge in [-0.1, -0.05) is 55.0 Å². The first-order valence-electron chi connectivity index (χ1n) is 7.08. The molecule has 1 rings (SSSR count). The molecule has 108 valence electrons. The van der Waals surface area contributed by atoms with E-state index < -0.39 is 0 Å². The molecule has 1 aromatic rings. The number of carbonyl (C=O) groups excluding carboxylic acids is 1. The van der Waals surface area contributed by atoms with Crippen LogP contribution in [0.1, 0.15) is 32.3 Å². The van der Waals surface area contributed by atoms with Crippen molar-refractivity contribution >= 4 is 5.97 Å². The van der Waals surface area contributed by atoms with Crippen LogP contribution in [0.3, 0.4) is 0 Å². The maximum Gasteiger partial charge on any atom is 0.310 e. The summed E-state index contributed by atoms with van der Waals surface area (Å²) in [4.78, 5) is 11.7. The molecule has 0 aromatic heterocycles. The van der Waals surface area contributed by atoms with Crippen LogP contribution >= 0.6 is 0 Å². The van der Waals surface area contributed by atoms with Crippen molar-refractivity contribution in [3.05, 3.63) is 60.2 Å². The average Bonchev–Trinajstić information content (AvgIpc) is 2.44. The molecule has 1 aromatic carbocycles. The maximum absolute atomic E-state index is 11.7. The second-order valence-corrected chi connectivity index (χ2v) is 5.23. The third-order valence-corrected chi connectivity index (χ3v) is 3.06. The standard InChI is InChI=1S/C18H24O2/c1-4-8-15(2)11-12-16(3)14-20-18(19)13-17-9-6-5-7-10-17/h4-7,9-11,16H,1,8,12-14H2,2-3H3/b15-11+. The fraction of sp³-hybridized carbons (Fsp3) is 0.389. The van der Waals surface area contributed by atoms with Crippen molar-refractivity contribution in [3.63, 3.8) is 0 Å². The first-order chi connectivity index (χ1) is 9.61. The zero-order valence-electron chi connectivity index (χ0n) is 12.5. The van der Waals surface area contributed by atoms with E-state index in [4.69, 9.17) is 4.74 Å². The Bertz CT molecular complexity index is 446. The Labute approximate surface area is 122 Å². The van der Waals surface area contributed by atoms with Gasteiger partial charge in [-0.2, -0.15) is 0 Å². The molecular formula is C18H24O2. The smallest absolute Gasteiger partial charge is 0.310 e. The number of ether oxygens (including phenoxy) is 1. The highest BCUT2D eigenvalue weighted by Crippen LogP contribution is 2.09. The SMILES string of the molecule is C=CC/C(C)=C/CC(C)COC(=O)Cc1ccccc1. The van der Waals surface area contributed by atoms with Crippen LogP contribution in [-0.2, 0) is 16.0 Å². The van der Waals surface area contributed by atoms with Gasteiger partial charge in [0.05, 0.1) is 13.0 Å². The van der Waals surface area contributed by atoms with E-state index >= 15 is 0 Å². The van der Waals surface area contributed by atoms with E-state index in [9.17, 15) is 4.79 Å². The summed E-state index contributed by atoms with van der Waals surface area (Å²) in [5, 5.41) is 0. The van der Waals surface area contributed by atoms with Gasteiger partial charge in [-0.15, -0.1) is 6.58 Å². The molecule has 2 heteroatoms. The van der Waals surface area contributed by atoms with E-state index in [-0.39, 0.29) is 5.97 Å². The minimum absolute atomic E-state index is 0.158. The molecule has 0 heterocycles. The van der Waals surface area contributed by atoms with E-state index in [0.717, 1.165) is 18.4 Å². The molecule has 0 aliphatic rings. The molecule has 0 saturated heterocycles. The number of benzene rings is 1. The number of carbonyl (C=O) groups is 1. The summed E-state index contributed by atoms with van der Waals surface area (Å²) in [5.74, 6) is 0.185. The summed E-state index contributed by atoms with van der Waals surface area (Å²) in [7, 11) is 0. The second kappa shape index (κ2) is 9.13. The van der Waals surface area contributed by atoms with Gasteiger partial charge in [0.2, 0.25) is 0 Å². The van der Waals surface area contributed by atoms with Gasteiger partial charge in [0.1, 0.15) is 0 Å². The average molecular weight is 272 g/mol. The first kappa shape index (κ1) is 16.2. The van der Waals surface area contributed by atoms with Crippen molar-refractivity contribution in [3.8, 4) is 0 Å². The Kier molecular flexibility index (Phi) is 7.41. The minimum Gasteiger partial charge on any atom is -0.465 e. The summed E-state index contributed by atoms with van der Waals surface area (Å²) in [6, 6.07) is 9.67. The highest BCUT2D eigenvalue weighted by atomic mass is 16.5. The molecule has 0 spiro atoms. The summed E-state index contributed by atoms with van der Waals surface area (Å²) >= 11 is 0. The van der Waals surface area contributed by atoms with Gasteiger partial charge in [0.15, 0.2) is 0 Å². The number of esters is 1. The Hall–Kier alpha value is -1.83. The first-order valence-corrected chi connectivity index (χ1v) is 7.08. The van der Waals surface area contributed by atoms with Gasteiger partial charge in [0, 0.05) is 0 Å². The highest BCUT2D eigenvalue weighted by molar-refractivity contribution is 5.72. The van der Waals surface area contributed by atoms with Gasteiger partial charge < -0.3 is 4.74 Å². The Balaban J connectivity index is 2.27. The quantitative estimate of drug-likeness (QED) is 0.520. The molecule has 0 N–H and O–H groups in total. The van der Waals surface area contributed by atoms with Crippen LogP contribution in [0.5, 0.6) is 0 Å². The molecule has 0 fully saturated rings.